The molecule has 0 aliphatic heterocycles. The molecular weight excluding hydrogens is 831 g/mol. The van der Waals surface area contributed by atoms with Gasteiger partial charge in [-0.3, -0.25) is 0 Å². The number of fused-ring (bicyclic) bond motifs is 10. The Labute approximate surface area is 390 Å². The molecule has 0 atom stereocenters. The average Bonchev–Trinajstić information content (AvgIpc) is 4.00. The van der Waals surface area contributed by atoms with Gasteiger partial charge in [0.05, 0.1) is 0 Å². The predicted molar refractivity (Wildman–Crippen MR) is 280 cm³/mol. The Morgan fingerprint density at radius 1 is 0.250 bits per heavy atom. The molecule has 0 radical (unpaired) electrons. The van der Waals surface area contributed by atoms with E-state index in [-0.39, 0.29) is 0 Å². The van der Waals surface area contributed by atoms with E-state index in [1.807, 2.05) is 24.3 Å². The van der Waals surface area contributed by atoms with E-state index in [0.717, 1.165) is 110 Å². The SMILES string of the molecule is c1ccc(-c2ccc(-c3nc(-c4cc(-c5ccc(-c6cccc7c6oc6ccccc67)c6oc7ccccc7c56)c5ccccc5c4)nc(-c4ccc5c(ccc6ccccc65)c4)n3)cc2)cc1. The zero-order valence-electron chi connectivity index (χ0n) is 36.5. The summed E-state index contributed by atoms with van der Waals surface area (Å²) in [5.41, 5.74) is 12.4. The Hall–Kier alpha value is -9.19. The van der Waals surface area contributed by atoms with Crippen molar-refractivity contribution < 1.29 is 8.83 Å². The van der Waals surface area contributed by atoms with Crippen LogP contribution in [-0.4, -0.2) is 15.0 Å². The number of aromatic nitrogens is 3. The Bertz CT molecular complexity index is 4320. The molecule has 5 nitrogen and oxygen atoms in total. The Kier molecular flexibility index (Phi) is 8.52. The number of hydrogen-bond acceptors (Lipinski definition) is 5. The molecule has 0 saturated carbocycles. The molecule has 3 aromatic heterocycles. The minimum absolute atomic E-state index is 0.587. The molecule has 0 unspecified atom stereocenters. The van der Waals surface area contributed by atoms with Crippen molar-refractivity contribution in [3.05, 3.63) is 224 Å². The normalized spacial score (nSPS) is 11.8. The molecule has 0 amide bonds. The number of benzene rings is 11. The van der Waals surface area contributed by atoms with Gasteiger partial charge in [0.15, 0.2) is 17.5 Å². The maximum absolute atomic E-state index is 6.90. The van der Waals surface area contributed by atoms with Gasteiger partial charge < -0.3 is 8.83 Å². The molecule has 316 valence electrons. The number of furan rings is 2. The van der Waals surface area contributed by atoms with Gasteiger partial charge in [0.25, 0.3) is 0 Å². The summed E-state index contributed by atoms with van der Waals surface area (Å²) in [5, 5.41) is 11.2. The summed E-state index contributed by atoms with van der Waals surface area (Å²) < 4.78 is 13.5. The summed E-state index contributed by atoms with van der Waals surface area (Å²) in [6.45, 7) is 0. The highest BCUT2D eigenvalue weighted by Gasteiger charge is 2.23. The zero-order valence-corrected chi connectivity index (χ0v) is 36.5. The van der Waals surface area contributed by atoms with Gasteiger partial charge in [-0.15, -0.1) is 0 Å². The molecule has 0 saturated heterocycles. The van der Waals surface area contributed by atoms with E-state index < -0.39 is 0 Å². The van der Waals surface area contributed by atoms with Crippen LogP contribution in [-0.2, 0) is 0 Å². The first-order chi connectivity index (χ1) is 33.7. The van der Waals surface area contributed by atoms with Gasteiger partial charge in [0.1, 0.15) is 22.3 Å². The monoisotopic (exact) mass is 867 g/mol. The topological polar surface area (TPSA) is 65.0 Å². The van der Waals surface area contributed by atoms with Crippen LogP contribution in [0.5, 0.6) is 0 Å². The van der Waals surface area contributed by atoms with Crippen LogP contribution < -0.4 is 0 Å². The number of rotatable bonds is 6. The van der Waals surface area contributed by atoms with Crippen LogP contribution in [0.1, 0.15) is 0 Å². The van der Waals surface area contributed by atoms with E-state index in [9.17, 15) is 0 Å². The van der Waals surface area contributed by atoms with Gasteiger partial charge in [-0.1, -0.05) is 188 Å². The van der Waals surface area contributed by atoms with Gasteiger partial charge in [0, 0.05) is 49.4 Å². The Morgan fingerprint density at radius 2 is 0.765 bits per heavy atom. The van der Waals surface area contributed by atoms with Gasteiger partial charge >= 0.3 is 0 Å². The highest BCUT2D eigenvalue weighted by Crippen LogP contribution is 2.46. The lowest BCUT2D eigenvalue weighted by molar-refractivity contribution is 0.665. The van der Waals surface area contributed by atoms with Crippen molar-refractivity contribution in [2.75, 3.05) is 0 Å². The second-order valence-electron chi connectivity index (χ2n) is 17.5. The predicted octanol–water partition coefficient (Wildman–Crippen LogP) is 17.1. The molecule has 0 aliphatic rings. The second kappa shape index (κ2) is 15.2. The highest BCUT2D eigenvalue weighted by atomic mass is 16.3. The van der Waals surface area contributed by atoms with E-state index in [4.69, 9.17) is 23.8 Å². The minimum Gasteiger partial charge on any atom is -0.455 e. The molecule has 5 heteroatoms. The summed E-state index contributed by atoms with van der Waals surface area (Å²) >= 11 is 0. The molecule has 68 heavy (non-hydrogen) atoms. The van der Waals surface area contributed by atoms with Crippen molar-refractivity contribution in [2.45, 2.75) is 0 Å². The van der Waals surface area contributed by atoms with E-state index in [1.165, 1.54) is 16.2 Å². The highest BCUT2D eigenvalue weighted by molar-refractivity contribution is 6.21. The van der Waals surface area contributed by atoms with Crippen molar-refractivity contribution in [3.8, 4) is 67.5 Å². The van der Waals surface area contributed by atoms with Gasteiger partial charge in [0.2, 0.25) is 0 Å². The standard InChI is InChI=1S/C63H37N3O2/c1-2-13-38(14-3-1)39-25-28-41(29-26-39)61-64-62(44-31-32-48-43(35-44)30-27-40-15-4-6-17-46(40)48)66-63(65-61)45-36-42-16-5-7-18-47(42)55(37-45)50-33-34-53(60-58(50)54-20-9-11-24-57(54)68-60)52-22-12-21-51-49-19-8-10-23-56(49)67-59(51)52/h1-37H. The van der Waals surface area contributed by atoms with Crippen LogP contribution in [0.2, 0.25) is 0 Å². The maximum atomic E-state index is 6.90. The van der Waals surface area contributed by atoms with Crippen LogP contribution in [0.15, 0.2) is 233 Å². The smallest absolute Gasteiger partial charge is 0.164 e. The van der Waals surface area contributed by atoms with E-state index >= 15 is 0 Å². The average molecular weight is 868 g/mol. The van der Waals surface area contributed by atoms with Crippen molar-refractivity contribution in [1.82, 2.24) is 15.0 Å². The first-order valence-electron chi connectivity index (χ1n) is 22.9. The van der Waals surface area contributed by atoms with Crippen LogP contribution >= 0.6 is 0 Å². The summed E-state index contributed by atoms with van der Waals surface area (Å²) in [5.74, 6) is 1.80. The van der Waals surface area contributed by atoms with Crippen molar-refractivity contribution in [2.24, 2.45) is 0 Å². The fourth-order valence-electron chi connectivity index (χ4n) is 10.2. The molecule has 0 fully saturated rings. The first kappa shape index (κ1) is 38.1. The molecule has 0 spiro atoms. The van der Waals surface area contributed by atoms with Crippen LogP contribution in [0.25, 0.3) is 144 Å². The molecule has 14 aromatic rings. The second-order valence-corrected chi connectivity index (χ2v) is 17.5. The van der Waals surface area contributed by atoms with Gasteiger partial charge in [-0.25, -0.2) is 15.0 Å². The lowest BCUT2D eigenvalue weighted by atomic mass is 9.90. The molecule has 0 aliphatic carbocycles. The molecular formula is C63H37N3O2. The van der Waals surface area contributed by atoms with Crippen LogP contribution in [0.4, 0.5) is 0 Å². The van der Waals surface area contributed by atoms with Crippen LogP contribution in [0.3, 0.4) is 0 Å². The maximum Gasteiger partial charge on any atom is 0.164 e. The lowest BCUT2D eigenvalue weighted by Gasteiger charge is -2.14. The number of nitrogens with zero attached hydrogens (tertiary/aromatic N) is 3. The third kappa shape index (κ3) is 6.14. The van der Waals surface area contributed by atoms with E-state index in [2.05, 4.69) is 200 Å². The van der Waals surface area contributed by atoms with Crippen molar-refractivity contribution >= 4 is 76.2 Å². The minimum atomic E-state index is 0.587. The largest absolute Gasteiger partial charge is 0.455 e. The summed E-state index contributed by atoms with van der Waals surface area (Å²) in [6.07, 6.45) is 0. The van der Waals surface area contributed by atoms with Gasteiger partial charge in [-0.05, 0) is 91.0 Å². The fourth-order valence-corrected chi connectivity index (χ4v) is 10.2. The quantitative estimate of drug-likeness (QED) is 0.156. The summed E-state index contributed by atoms with van der Waals surface area (Å²) in [7, 11) is 0. The van der Waals surface area contributed by atoms with E-state index in [1.54, 1.807) is 0 Å². The van der Waals surface area contributed by atoms with E-state index in [0.29, 0.717) is 17.5 Å². The third-order valence-electron chi connectivity index (χ3n) is 13.5. The molecule has 0 N–H and O–H groups in total. The molecule has 11 aromatic carbocycles. The van der Waals surface area contributed by atoms with Crippen LogP contribution in [0, 0.1) is 0 Å². The first-order valence-corrected chi connectivity index (χ1v) is 22.9. The van der Waals surface area contributed by atoms with Crippen molar-refractivity contribution in [1.29, 1.82) is 0 Å². The Morgan fingerprint density at radius 3 is 1.59 bits per heavy atom. The van der Waals surface area contributed by atoms with Gasteiger partial charge in [-0.2, -0.15) is 0 Å². The lowest BCUT2D eigenvalue weighted by Crippen LogP contribution is -2.00. The summed E-state index contributed by atoms with van der Waals surface area (Å²) in [6, 6.07) is 78.7. The Balaban J connectivity index is 0.982. The van der Waals surface area contributed by atoms with Crippen molar-refractivity contribution in [3.63, 3.8) is 0 Å². The third-order valence-corrected chi connectivity index (χ3v) is 13.5. The zero-order chi connectivity index (χ0) is 44.7. The fraction of sp³-hybridized carbons (Fsp3) is 0. The number of para-hydroxylation sites is 3. The number of hydrogen-bond donors (Lipinski definition) is 0. The molecule has 14 rings (SSSR count). The molecule has 0 bridgehead atoms. The molecule has 3 heterocycles. The summed E-state index contributed by atoms with van der Waals surface area (Å²) in [4.78, 5) is 15.8.